The minimum atomic E-state index is -4.65. The monoisotopic (exact) mass is 477 g/mol. The maximum atomic E-state index is 13.1. The molecule has 1 amide bonds. The summed E-state index contributed by atoms with van der Waals surface area (Å²) in [5.74, 6) is -0.823. The predicted molar refractivity (Wildman–Crippen MR) is 119 cm³/mol. The van der Waals surface area contributed by atoms with Gasteiger partial charge in [-0.2, -0.15) is 13.2 Å². The molecule has 11 heteroatoms. The van der Waals surface area contributed by atoms with Crippen LogP contribution in [0, 0.1) is 5.41 Å². The fourth-order valence-corrected chi connectivity index (χ4v) is 3.63. The van der Waals surface area contributed by atoms with Gasteiger partial charge in [0.25, 0.3) is 0 Å². The lowest BCUT2D eigenvalue weighted by Crippen LogP contribution is -2.21. The first-order valence-electron chi connectivity index (χ1n) is 9.94. The molecule has 33 heavy (non-hydrogen) atoms. The smallest absolute Gasteiger partial charge is 0.325 e. The molecular weight excluding hydrogens is 455 g/mol. The van der Waals surface area contributed by atoms with Crippen LogP contribution in [-0.4, -0.2) is 37.3 Å². The Hall–Kier alpha value is -3.21. The minimum absolute atomic E-state index is 0.0388. The van der Waals surface area contributed by atoms with Gasteiger partial charge in [-0.1, -0.05) is 50.7 Å². The van der Waals surface area contributed by atoms with Crippen LogP contribution >= 0.6 is 11.8 Å². The van der Waals surface area contributed by atoms with Gasteiger partial charge in [0.15, 0.2) is 11.0 Å². The van der Waals surface area contributed by atoms with Crippen molar-refractivity contribution in [3.63, 3.8) is 0 Å². The molecule has 0 aliphatic rings. The number of nitrogens with one attached hydrogen (secondary N) is 1. The third-order valence-corrected chi connectivity index (χ3v) is 5.19. The Bertz CT molecular complexity index is 1140. The van der Waals surface area contributed by atoms with Crippen LogP contribution < -0.4 is 5.32 Å². The Morgan fingerprint density at radius 3 is 2.39 bits per heavy atom. The van der Waals surface area contributed by atoms with Gasteiger partial charge in [0.1, 0.15) is 5.69 Å². The third kappa shape index (κ3) is 6.64. The number of hydrogen-bond acceptors (Lipinski definition) is 6. The van der Waals surface area contributed by atoms with Crippen LogP contribution in [0.1, 0.15) is 37.7 Å². The third-order valence-electron chi connectivity index (χ3n) is 4.26. The van der Waals surface area contributed by atoms with Gasteiger partial charge in [0.2, 0.25) is 11.8 Å². The topological polar surface area (TPSA) is 89.8 Å². The molecule has 0 aliphatic carbocycles. The lowest BCUT2D eigenvalue weighted by atomic mass is 9.92. The first-order chi connectivity index (χ1) is 15.4. The molecule has 2 heterocycles. The summed E-state index contributed by atoms with van der Waals surface area (Å²) >= 11 is 0.973. The summed E-state index contributed by atoms with van der Waals surface area (Å²) in [6, 6.07) is 11.0. The van der Waals surface area contributed by atoms with Crippen molar-refractivity contribution in [3.05, 3.63) is 54.4 Å². The van der Waals surface area contributed by atoms with Crippen LogP contribution in [0.4, 0.5) is 18.9 Å². The van der Waals surface area contributed by atoms with E-state index >= 15 is 0 Å². The Balaban J connectivity index is 1.90. The number of carbonyl (C=O) groups is 2. The zero-order chi connectivity index (χ0) is 24.2. The Morgan fingerprint density at radius 1 is 1.06 bits per heavy atom. The van der Waals surface area contributed by atoms with E-state index in [1.165, 1.54) is 10.6 Å². The Labute approximate surface area is 192 Å². The van der Waals surface area contributed by atoms with Crippen molar-refractivity contribution in [3.8, 4) is 11.4 Å². The van der Waals surface area contributed by atoms with Crippen LogP contribution in [0.2, 0.25) is 0 Å². The molecule has 3 aromatic rings. The first-order valence-corrected chi connectivity index (χ1v) is 10.9. The zero-order valence-corrected chi connectivity index (χ0v) is 19.0. The summed E-state index contributed by atoms with van der Waals surface area (Å²) < 4.78 is 40.6. The van der Waals surface area contributed by atoms with Gasteiger partial charge < -0.3 is 5.32 Å². The van der Waals surface area contributed by atoms with E-state index in [0.717, 1.165) is 24.0 Å². The quantitative estimate of drug-likeness (QED) is 0.493. The molecule has 0 unspecified atom stereocenters. The number of aromatic nitrogens is 4. The lowest BCUT2D eigenvalue weighted by molar-refractivity contribution is -0.141. The highest BCUT2D eigenvalue weighted by Crippen LogP contribution is 2.32. The highest BCUT2D eigenvalue weighted by molar-refractivity contribution is 7.99. The van der Waals surface area contributed by atoms with Crippen LogP contribution in [0.5, 0.6) is 0 Å². The second-order valence-electron chi connectivity index (χ2n) is 8.40. The Kier molecular flexibility index (Phi) is 7.21. The second kappa shape index (κ2) is 9.74. The van der Waals surface area contributed by atoms with Gasteiger partial charge in [-0.25, -0.2) is 4.57 Å². The number of carbonyl (C=O) groups excluding carboxylic acids is 2. The van der Waals surface area contributed by atoms with Gasteiger partial charge in [0, 0.05) is 23.9 Å². The SMILES string of the molecule is CC(C)(C)CC(=O)n1c(SCC(=O)Nc2ccccc2)nnc1-c1ccnc(C(F)(F)F)c1. The van der Waals surface area contributed by atoms with Crippen molar-refractivity contribution in [2.24, 2.45) is 5.41 Å². The number of halogens is 3. The van der Waals surface area contributed by atoms with Crippen LogP contribution in [0.15, 0.2) is 53.8 Å². The molecule has 7 nitrogen and oxygen atoms in total. The summed E-state index contributed by atoms with van der Waals surface area (Å²) in [5, 5.41) is 10.8. The molecule has 2 aromatic heterocycles. The van der Waals surface area contributed by atoms with E-state index in [1.807, 2.05) is 26.8 Å². The predicted octanol–water partition coefficient (Wildman–Crippen LogP) is 5.17. The van der Waals surface area contributed by atoms with Gasteiger partial charge in [-0.3, -0.25) is 14.6 Å². The molecule has 0 radical (unpaired) electrons. The number of para-hydroxylation sites is 1. The first kappa shape index (κ1) is 24.4. The summed E-state index contributed by atoms with van der Waals surface area (Å²) in [5.41, 5.74) is -0.826. The maximum absolute atomic E-state index is 13.1. The molecule has 0 fully saturated rings. The molecule has 0 spiro atoms. The molecule has 1 N–H and O–H groups in total. The molecular formula is C22H22F3N5O2S. The summed E-state index contributed by atoms with van der Waals surface area (Å²) in [7, 11) is 0. The molecule has 0 saturated carbocycles. The van der Waals surface area contributed by atoms with Crippen molar-refractivity contribution in [2.45, 2.75) is 38.5 Å². The summed E-state index contributed by atoms with van der Waals surface area (Å²) in [6.07, 6.45) is -3.55. The minimum Gasteiger partial charge on any atom is -0.325 e. The largest absolute Gasteiger partial charge is 0.433 e. The van der Waals surface area contributed by atoms with E-state index in [1.54, 1.807) is 24.3 Å². The van der Waals surface area contributed by atoms with Crippen LogP contribution in [0.3, 0.4) is 0 Å². The number of benzene rings is 1. The number of thioether (sulfide) groups is 1. The van der Waals surface area contributed by atoms with Gasteiger partial charge >= 0.3 is 6.18 Å². The van der Waals surface area contributed by atoms with E-state index in [0.29, 0.717) is 5.69 Å². The lowest BCUT2D eigenvalue weighted by Gasteiger charge is -2.18. The number of alkyl halides is 3. The molecule has 174 valence electrons. The number of rotatable bonds is 6. The Morgan fingerprint density at radius 2 is 1.76 bits per heavy atom. The highest BCUT2D eigenvalue weighted by Gasteiger charge is 2.33. The number of hydrogen-bond donors (Lipinski definition) is 1. The van der Waals surface area contributed by atoms with E-state index < -0.39 is 11.9 Å². The number of amides is 1. The highest BCUT2D eigenvalue weighted by atomic mass is 32.2. The van der Waals surface area contributed by atoms with Gasteiger partial charge in [-0.15, -0.1) is 10.2 Å². The van der Waals surface area contributed by atoms with Crippen molar-refractivity contribution in [1.82, 2.24) is 19.7 Å². The molecule has 0 saturated heterocycles. The maximum Gasteiger partial charge on any atom is 0.433 e. The van der Waals surface area contributed by atoms with Crippen LogP contribution in [-0.2, 0) is 11.0 Å². The summed E-state index contributed by atoms with van der Waals surface area (Å²) in [6.45, 7) is 5.59. The zero-order valence-electron chi connectivity index (χ0n) is 18.2. The number of pyridine rings is 1. The van der Waals surface area contributed by atoms with E-state index in [-0.39, 0.29) is 45.9 Å². The molecule has 1 aromatic carbocycles. The molecule has 0 bridgehead atoms. The van der Waals surface area contributed by atoms with E-state index in [4.69, 9.17) is 0 Å². The van der Waals surface area contributed by atoms with Gasteiger partial charge in [-0.05, 0) is 29.7 Å². The molecule has 3 rings (SSSR count). The fraction of sp³-hybridized carbons (Fsp3) is 0.318. The molecule has 0 aliphatic heterocycles. The summed E-state index contributed by atoms with van der Waals surface area (Å²) in [4.78, 5) is 28.8. The van der Waals surface area contributed by atoms with Crippen molar-refractivity contribution < 1.29 is 22.8 Å². The van der Waals surface area contributed by atoms with E-state index in [9.17, 15) is 22.8 Å². The van der Waals surface area contributed by atoms with Gasteiger partial charge in [0.05, 0.1) is 5.75 Å². The second-order valence-corrected chi connectivity index (χ2v) is 9.35. The average molecular weight is 478 g/mol. The number of anilines is 1. The number of nitrogens with zero attached hydrogens (tertiary/aromatic N) is 4. The van der Waals surface area contributed by atoms with E-state index in [2.05, 4.69) is 20.5 Å². The van der Waals surface area contributed by atoms with Crippen molar-refractivity contribution >= 4 is 29.3 Å². The standard InChI is InChI=1S/C22H22F3N5O2S/c1-21(2,3)12-18(32)30-19(14-9-10-26-16(11-14)22(23,24)25)28-29-20(30)33-13-17(31)27-15-7-5-4-6-8-15/h4-11H,12-13H2,1-3H3,(H,27,31). The average Bonchev–Trinajstić information content (AvgIpc) is 3.15. The van der Waals surface area contributed by atoms with Crippen molar-refractivity contribution in [1.29, 1.82) is 0 Å². The van der Waals surface area contributed by atoms with Crippen LogP contribution in [0.25, 0.3) is 11.4 Å². The normalized spacial score (nSPS) is 11.9. The molecule has 0 atom stereocenters. The fourth-order valence-electron chi connectivity index (χ4n) is 2.88. The van der Waals surface area contributed by atoms with Crippen molar-refractivity contribution in [2.75, 3.05) is 11.1 Å².